The number of hydrogen-bond acceptors (Lipinski definition) is 1. The minimum Gasteiger partial charge on any atom is -0.299 e. The van der Waals surface area contributed by atoms with E-state index in [0.717, 1.165) is 31.7 Å². The Morgan fingerprint density at radius 1 is 1.05 bits per heavy atom. The molecule has 0 aliphatic heterocycles. The van der Waals surface area contributed by atoms with Gasteiger partial charge in [-0.2, -0.15) is 13.2 Å². The van der Waals surface area contributed by atoms with Crippen LogP contribution in [0.4, 0.5) is 13.2 Å². The summed E-state index contributed by atoms with van der Waals surface area (Å²) in [5.74, 6) is -0.125. The lowest BCUT2D eigenvalue weighted by atomic mass is 9.84. The smallest absolute Gasteiger partial charge is 0.299 e. The molecule has 4 heteroatoms. The largest absolute Gasteiger partial charge is 0.416 e. The van der Waals surface area contributed by atoms with Crippen molar-refractivity contribution < 1.29 is 18.0 Å². The second-order valence-corrected chi connectivity index (χ2v) is 5.48. The van der Waals surface area contributed by atoms with Crippen molar-refractivity contribution in [1.82, 2.24) is 0 Å². The maximum atomic E-state index is 13.0. The first-order valence-corrected chi connectivity index (χ1v) is 7.16. The molecule has 1 aromatic rings. The van der Waals surface area contributed by atoms with E-state index in [0.29, 0.717) is 12.8 Å². The first-order valence-electron chi connectivity index (χ1n) is 7.16. The predicted octanol–water partition coefficient (Wildman–Crippen LogP) is 4.79. The van der Waals surface area contributed by atoms with Crippen LogP contribution < -0.4 is 0 Å². The van der Waals surface area contributed by atoms with E-state index in [1.54, 1.807) is 6.07 Å². The molecular formula is C16H19F3O. The number of carbonyl (C=O) groups is 1. The molecule has 1 aliphatic carbocycles. The summed E-state index contributed by atoms with van der Waals surface area (Å²) in [6.45, 7) is 0. The Bertz CT molecular complexity index is 465. The van der Waals surface area contributed by atoms with E-state index in [2.05, 4.69) is 0 Å². The molecule has 1 fully saturated rings. The summed E-state index contributed by atoms with van der Waals surface area (Å²) in [6.07, 6.45) is 1.03. The zero-order valence-electron chi connectivity index (χ0n) is 11.4. The zero-order chi connectivity index (χ0) is 14.6. The van der Waals surface area contributed by atoms with Gasteiger partial charge in [0.2, 0.25) is 0 Å². The summed E-state index contributed by atoms with van der Waals surface area (Å²) in [4.78, 5) is 12.1. The third-order valence-corrected chi connectivity index (χ3v) is 3.97. The standard InChI is InChI=1S/C16H19F3O/c17-16(18,19)14-9-6-5-7-12(14)11-13-8-3-1-2-4-10-15(13)20/h5-7,9,13H,1-4,8,10-11H2. The maximum absolute atomic E-state index is 13.0. The Labute approximate surface area is 117 Å². The topological polar surface area (TPSA) is 17.1 Å². The van der Waals surface area contributed by atoms with Crippen molar-refractivity contribution in [1.29, 1.82) is 0 Å². The summed E-state index contributed by atoms with van der Waals surface area (Å²) >= 11 is 0. The molecule has 0 radical (unpaired) electrons. The summed E-state index contributed by atoms with van der Waals surface area (Å²) in [7, 11) is 0. The maximum Gasteiger partial charge on any atom is 0.416 e. The van der Waals surface area contributed by atoms with Crippen LogP contribution >= 0.6 is 0 Å². The summed E-state index contributed by atoms with van der Waals surface area (Å²) in [5.41, 5.74) is -0.353. The van der Waals surface area contributed by atoms with E-state index in [-0.39, 0.29) is 23.7 Å². The monoisotopic (exact) mass is 284 g/mol. The van der Waals surface area contributed by atoms with Crippen molar-refractivity contribution >= 4 is 5.78 Å². The Hall–Kier alpha value is -1.32. The van der Waals surface area contributed by atoms with Crippen molar-refractivity contribution in [3.8, 4) is 0 Å². The van der Waals surface area contributed by atoms with Crippen LogP contribution in [-0.2, 0) is 17.4 Å². The van der Waals surface area contributed by atoms with Gasteiger partial charge < -0.3 is 0 Å². The van der Waals surface area contributed by atoms with Gasteiger partial charge in [-0.3, -0.25) is 4.79 Å². The number of rotatable bonds is 2. The van der Waals surface area contributed by atoms with Gasteiger partial charge in [0, 0.05) is 12.3 Å². The molecule has 1 nitrogen and oxygen atoms in total. The zero-order valence-corrected chi connectivity index (χ0v) is 11.4. The Balaban J connectivity index is 2.18. The molecule has 1 aromatic carbocycles. The molecule has 1 unspecified atom stereocenters. The van der Waals surface area contributed by atoms with Gasteiger partial charge in [0.1, 0.15) is 5.78 Å². The number of ketones is 1. The second-order valence-electron chi connectivity index (χ2n) is 5.48. The predicted molar refractivity (Wildman–Crippen MR) is 71.3 cm³/mol. The SMILES string of the molecule is O=C1CCCCCCC1Cc1ccccc1C(F)(F)F. The van der Waals surface area contributed by atoms with E-state index in [9.17, 15) is 18.0 Å². The molecule has 20 heavy (non-hydrogen) atoms. The minimum absolute atomic E-state index is 0.127. The van der Waals surface area contributed by atoms with Crippen LogP contribution in [0.2, 0.25) is 0 Å². The van der Waals surface area contributed by atoms with E-state index < -0.39 is 11.7 Å². The molecule has 1 atom stereocenters. The lowest BCUT2D eigenvalue weighted by Crippen LogP contribution is -2.20. The van der Waals surface area contributed by atoms with Crippen molar-refractivity contribution in [2.75, 3.05) is 0 Å². The van der Waals surface area contributed by atoms with Gasteiger partial charge in [-0.25, -0.2) is 0 Å². The number of Topliss-reactive ketones (excluding diaryl/α,β-unsaturated/α-hetero) is 1. The number of hydrogen-bond donors (Lipinski definition) is 0. The molecule has 0 saturated heterocycles. The summed E-state index contributed by atoms with van der Waals surface area (Å²) in [6, 6.07) is 5.60. The van der Waals surface area contributed by atoms with Crippen molar-refractivity contribution in [3.05, 3.63) is 35.4 Å². The second kappa shape index (κ2) is 6.42. The fraction of sp³-hybridized carbons (Fsp3) is 0.562. The first kappa shape index (κ1) is 15.1. The highest BCUT2D eigenvalue weighted by molar-refractivity contribution is 5.81. The Morgan fingerprint density at radius 2 is 1.75 bits per heavy atom. The number of benzene rings is 1. The van der Waals surface area contributed by atoms with E-state index in [4.69, 9.17) is 0 Å². The highest BCUT2D eigenvalue weighted by atomic mass is 19.4. The van der Waals surface area contributed by atoms with Gasteiger partial charge in [0.25, 0.3) is 0 Å². The van der Waals surface area contributed by atoms with Gasteiger partial charge in [0.05, 0.1) is 5.56 Å². The molecule has 0 bridgehead atoms. The minimum atomic E-state index is -4.35. The van der Waals surface area contributed by atoms with Crippen LogP contribution in [0.5, 0.6) is 0 Å². The molecule has 2 rings (SSSR count). The fourth-order valence-corrected chi connectivity index (χ4v) is 2.86. The molecule has 0 heterocycles. The quantitative estimate of drug-likeness (QED) is 0.763. The summed E-state index contributed by atoms with van der Waals surface area (Å²) < 4.78 is 38.9. The molecule has 1 aliphatic rings. The van der Waals surface area contributed by atoms with Gasteiger partial charge in [0.15, 0.2) is 0 Å². The normalized spacial score (nSPS) is 21.4. The van der Waals surface area contributed by atoms with E-state index in [1.165, 1.54) is 12.1 Å². The lowest BCUT2D eigenvalue weighted by molar-refractivity contribution is -0.138. The van der Waals surface area contributed by atoms with Crippen LogP contribution in [0.1, 0.15) is 49.7 Å². The molecule has 1 saturated carbocycles. The first-order chi connectivity index (χ1) is 9.48. The van der Waals surface area contributed by atoms with E-state index >= 15 is 0 Å². The van der Waals surface area contributed by atoms with Crippen LogP contribution in [0.25, 0.3) is 0 Å². The van der Waals surface area contributed by atoms with Crippen molar-refractivity contribution in [2.24, 2.45) is 5.92 Å². The third kappa shape index (κ3) is 3.84. The van der Waals surface area contributed by atoms with Crippen LogP contribution in [0.3, 0.4) is 0 Å². The number of carbonyl (C=O) groups excluding carboxylic acids is 1. The van der Waals surface area contributed by atoms with Gasteiger partial charge in [-0.15, -0.1) is 0 Å². The Kier molecular flexibility index (Phi) is 4.84. The molecule has 0 aromatic heterocycles. The van der Waals surface area contributed by atoms with Crippen molar-refractivity contribution in [3.63, 3.8) is 0 Å². The molecule has 0 amide bonds. The molecular weight excluding hydrogens is 265 g/mol. The number of alkyl halides is 3. The van der Waals surface area contributed by atoms with Crippen LogP contribution in [0.15, 0.2) is 24.3 Å². The van der Waals surface area contributed by atoms with E-state index in [1.807, 2.05) is 0 Å². The summed E-state index contributed by atoms with van der Waals surface area (Å²) in [5, 5.41) is 0. The van der Waals surface area contributed by atoms with Crippen LogP contribution in [-0.4, -0.2) is 5.78 Å². The number of halogens is 3. The third-order valence-electron chi connectivity index (χ3n) is 3.97. The van der Waals surface area contributed by atoms with Crippen molar-refractivity contribution in [2.45, 2.75) is 51.1 Å². The van der Waals surface area contributed by atoms with Gasteiger partial charge in [-0.1, -0.05) is 37.5 Å². The Morgan fingerprint density at radius 3 is 2.50 bits per heavy atom. The highest BCUT2D eigenvalue weighted by Gasteiger charge is 2.34. The molecule has 110 valence electrons. The average Bonchev–Trinajstić information content (AvgIpc) is 2.38. The molecule has 0 spiro atoms. The van der Waals surface area contributed by atoms with Gasteiger partial charge in [-0.05, 0) is 30.9 Å². The lowest BCUT2D eigenvalue weighted by Gasteiger charge is -2.20. The highest BCUT2D eigenvalue weighted by Crippen LogP contribution is 2.34. The average molecular weight is 284 g/mol. The van der Waals surface area contributed by atoms with Crippen LogP contribution in [0, 0.1) is 5.92 Å². The fourth-order valence-electron chi connectivity index (χ4n) is 2.86. The molecule has 0 N–H and O–H groups in total. The van der Waals surface area contributed by atoms with Gasteiger partial charge >= 0.3 is 6.18 Å².